The Bertz CT molecular complexity index is 533. The Balaban J connectivity index is 1.67. The van der Waals surface area contributed by atoms with E-state index in [-0.39, 0.29) is 5.91 Å². The maximum atomic E-state index is 12.8. The second kappa shape index (κ2) is 7.43. The van der Waals surface area contributed by atoms with Crippen LogP contribution in [0.2, 0.25) is 0 Å². The van der Waals surface area contributed by atoms with E-state index in [1.165, 1.54) is 5.56 Å². The summed E-state index contributed by atoms with van der Waals surface area (Å²) < 4.78 is 5.39. The highest BCUT2D eigenvalue weighted by atomic mass is 16.5. The van der Waals surface area contributed by atoms with Crippen molar-refractivity contribution in [2.45, 2.75) is 32.5 Å². The predicted octanol–water partition coefficient (Wildman–Crippen LogP) is 1.34. The van der Waals surface area contributed by atoms with Crippen molar-refractivity contribution in [2.75, 3.05) is 39.4 Å². The third-order valence-electron chi connectivity index (χ3n) is 4.53. The van der Waals surface area contributed by atoms with Crippen LogP contribution in [0.15, 0.2) is 24.3 Å². The number of hydrogen-bond acceptors (Lipinski definition) is 4. The van der Waals surface area contributed by atoms with Gasteiger partial charge in [0.15, 0.2) is 0 Å². The summed E-state index contributed by atoms with van der Waals surface area (Å²) in [6.45, 7) is 10.2. The molecule has 0 bridgehead atoms. The highest BCUT2D eigenvalue weighted by Gasteiger charge is 2.25. The lowest BCUT2D eigenvalue weighted by molar-refractivity contribution is 0.0341. The van der Waals surface area contributed by atoms with E-state index < -0.39 is 0 Å². The van der Waals surface area contributed by atoms with Gasteiger partial charge in [-0.3, -0.25) is 9.69 Å². The minimum atomic E-state index is 0.147. The third kappa shape index (κ3) is 4.31. The fraction of sp³-hybridized carbons (Fsp3) is 0.611. The summed E-state index contributed by atoms with van der Waals surface area (Å²) in [5, 5.41) is 3.47. The maximum Gasteiger partial charge on any atom is 0.253 e. The van der Waals surface area contributed by atoms with Crippen LogP contribution in [-0.4, -0.2) is 67.2 Å². The molecule has 1 aromatic rings. The van der Waals surface area contributed by atoms with Gasteiger partial charge < -0.3 is 15.0 Å². The number of nitrogens with one attached hydrogen (secondary N) is 1. The van der Waals surface area contributed by atoms with E-state index in [4.69, 9.17) is 4.74 Å². The Hall–Kier alpha value is -1.43. The average molecular weight is 317 g/mol. The molecule has 23 heavy (non-hydrogen) atoms. The SMILES string of the molecule is C[C@H]1CN(C(=O)c2cccc(CN3CCOCC3)c2)C[C@H](C)N1. The predicted molar refractivity (Wildman–Crippen MR) is 90.5 cm³/mol. The van der Waals surface area contributed by atoms with Gasteiger partial charge in [-0.25, -0.2) is 0 Å². The molecular weight excluding hydrogens is 290 g/mol. The fourth-order valence-corrected chi connectivity index (χ4v) is 3.50. The van der Waals surface area contributed by atoms with E-state index >= 15 is 0 Å². The van der Waals surface area contributed by atoms with E-state index in [1.54, 1.807) is 0 Å². The molecule has 3 rings (SSSR count). The van der Waals surface area contributed by atoms with Gasteiger partial charge in [0.25, 0.3) is 5.91 Å². The van der Waals surface area contributed by atoms with E-state index in [1.807, 2.05) is 17.0 Å². The number of piperazine rings is 1. The molecule has 1 amide bonds. The maximum absolute atomic E-state index is 12.8. The van der Waals surface area contributed by atoms with Crippen LogP contribution in [0.5, 0.6) is 0 Å². The smallest absolute Gasteiger partial charge is 0.253 e. The van der Waals surface area contributed by atoms with E-state index in [9.17, 15) is 4.79 Å². The molecule has 2 heterocycles. The lowest BCUT2D eigenvalue weighted by Crippen LogP contribution is -2.55. The van der Waals surface area contributed by atoms with E-state index in [0.717, 1.165) is 51.5 Å². The number of benzene rings is 1. The molecule has 0 aromatic heterocycles. The van der Waals surface area contributed by atoms with Crippen LogP contribution >= 0.6 is 0 Å². The summed E-state index contributed by atoms with van der Waals surface area (Å²) in [6, 6.07) is 8.78. The molecule has 126 valence electrons. The summed E-state index contributed by atoms with van der Waals surface area (Å²) in [5.41, 5.74) is 2.01. The lowest BCUT2D eigenvalue weighted by Gasteiger charge is -2.36. The Kier molecular flexibility index (Phi) is 5.30. The van der Waals surface area contributed by atoms with Crippen LogP contribution in [0, 0.1) is 0 Å². The molecule has 1 aromatic carbocycles. The van der Waals surface area contributed by atoms with Crippen molar-refractivity contribution in [1.82, 2.24) is 15.1 Å². The molecule has 0 aliphatic carbocycles. The highest BCUT2D eigenvalue weighted by molar-refractivity contribution is 5.94. The molecule has 2 aliphatic heterocycles. The van der Waals surface area contributed by atoms with Gasteiger partial charge in [-0.2, -0.15) is 0 Å². The first-order valence-electron chi connectivity index (χ1n) is 8.56. The molecule has 0 unspecified atom stereocenters. The fourth-order valence-electron chi connectivity index (χ4n) is 3.50. The van der Waals surface area contributed by atoms with Crippen LogP contribution in [-0.2, 0) is 11.3 Å². The lowest BCUT2D eigenvalue weighted by atomic mass is 10.1. The molecular formula is C18H27N3O2. The molecule has 1 N–H and O–H groups in total. The zero-order valence-electron chi connectivity index (χ0n) is 14.1. The molecule has 2 atom stereocenters. The largest absolute Gasteiger partial charge is 0.379 e. The quantitative estimate of drug-likeness (QED) is 0.914. The average Bonchev–Trinajstić information content (AvgIpc) is 2.54. The number of nitrogens with zero attached hydrogens (tertiary/aromatic N) is 2. The van der Waals surface area contributed by atoms with Crippen molar-refractivity contribution >= 4 is 5.91 Å². The second-order valence-corrected chi connectivity index (χ2v) is 6.77. The summed E-state index contributed by atoms with van der Waals surface area (Å²) in [5.74, 6) is 0.147. The summed E-state index contributed by atoms with van der Waals surface area (Å²) in [6.07, 6.45) is 0. The van der Waals surface area contributed by atoms with E-state index in [2.05, 4.69) is 36.2 Å². The summed E-state index contributed by atoms with van der Waals surface area (Å²) in [4.78, 5) is 17.1. The Labute approximate surface area is 138 Å². The molecule has 5 nitrogen and oxygen atoms in total. The number of ether oxygens (including phenoxy) is 1. The number of rotatable bonds is 3. The topological polar surface area (TPSA) is 44.8 Å². The second-order valence-electron chi connectivity index (χ2n) is 6.77. The first kappa shape index (κ1) is 16.4. The molecule has 5 heteroatoms. The molecule has 0 radical (unpaired) electrons. The number of hydrogen-bond donors (Lipinski definition) is 1. The van der Waals surface area contributed by atoms with Gasteiger partial charge in [0.05, 0.1) is 13.2 Å². The van der Waals surface area contributed by atoms with Crippen molar-refractivity contribution in [3.8, 4) is 0 Å². The van der Waals surface area contributed by atoms with Crippen LogP contribution in [0.4, 0.5) is 0 Å². The van der Waals surface area contributed by atoms with E-state index in [0.29, 0.717) is 12.1 Å². The van der Waals surface area contributed by atoms with Gasteiger partial charge in [-0.1, -0.05) is 12.1 Å². The van der Waals surface area contributed by atoms with Gasteiger partial charge in [0, 0.05) is 50.4 Å². The third-order valence-corrected chi connectivity index (χ3v) is 4.53. The standard InChI is InChI=1S/C18H27N3O2/c1-14-11-21(12-15(2)19-14)18(22)17-5-3-4-16(10-17)13-20-6-8-23-9-7-20/h3-5,10,14-15,19H,6-9,11-13H2,1-2H3/t14-,15-/m0/s1. The Morgan fingerprint density at radius 3 is 2.61 bits per heavy atom. The number of carbonyl (C=O) groups excluding carboxylic acids is 1. The van der Waals surface area contributed by atoms with Crippen LogP contribution in [0.1, 0.15) is 29.8 Å². The first-order valence-corrected chi connectivity index (χ1v) is 8.56. The molecule has 2 aliphatic rings. The normalized spacial score (nSPS) is 26.3. The number of morpholine rings is 1. The molecule has 0 saturated carbocycles. The van der Waals surface area contributed by atoms with Gasteiger partial charge in [0.1, 0.15) is 0 Å². The number of amides is 1. The minimum absolute atomic E-state index is 0.147. The van der Waals surface area contributed by atoms with Crippen LogP contribution in [0.3, 0.4) is 0 Å². The van der Waals surface area contributed by atoms with Crippen molar-refractivity contribution in [3.63, 3.8) is 0 Å². The molecule has 2 saturated heterocycles. The highest BCUT2D eigenvalue weighted by Crippen LogP contribution is 2.14. The van der Waals surface area contributed by atoms with Gasteiger partial charge in [-0.05, 0) is 31.5 Å². The zero-order chi connectivity index (χ0) is 16.2. The van der Waals surface area contributed by atoms with Gasteiger partial charge in [0.2, 0.25) is 0 Å². The number of carbonyl (C=O) groups is 1. The minimum Gasteiger partial charge on any atom is -0.379 e. The van der Waals surface area contributed by atoms with Gasteiger partial charge >= 0.3 is 0 Å². The first-order chi connectivity index (χ1) is 11.1. The summed E-state index contributed by atoms with van der Waals surface area (Å²) in [7, 11) is 0. The Morgan fingerprint density at radius 1 is 1.22 bits per heavy atom. The monoisotopic (exact) mass is 317 g/mol. The molecule has 2 fully saturated rings. The van der Waals surface area contributed by atoms with Crippen molar-refractivity contribution in [1.29, 1.82) is 0 Å². The Morgan fingerprint density at radius 2 is 1.91 bits per heavy atom. The molecule has 0 spiro atoms. The zero-order valence-corrected chi connectivity index (χ0v) is 14.1. The van der Waals surface area contributed by atoms with Crippen LogP contribution in [0.25, 0.3) is 0 Å². The van der Waals surface area contributed by atoms with Gasteiger partial charge in [-0.15, -0.1) is 0 Å². The van der Waals surface area contributed by atoms with Crippen molar-refractivity contribution in [3.05, 3.63) is 35.4 Å². The van der Waals surface area contributed by atoms with Crippen LogP contribution < -0.4 is 5.32 Å². The summed E-state index contributed by atoms with van der Waals surface area (Å²) >= 11 is 0. The van der Waals surface area contributed by atoms with Crippen molar-refractivity contribution in [2.24, 2.45) is 0 Å². The van der Waals surface area contributed by atoms with Crippen molar-refractivity contribution < 1.29 is 9.53 Å².